The zero-order valence-electron chi connectivity index (χ0n) is 12.3. The quantitative estimate of drug-likeness (QED) is 0.418. The van der Waals surface area contributed by atoms with Crippen molar-refractivity contribution in [1.29, 1.82) is 5.26 Å². The highest BCUT2D eigenvalue weighted by Gasteiger charge is 2.12. The monoisotopic (exact) mass is 289 g/mol. The smallest absolute Gasteiger partial charge is 0.306 e. The third-order valence-electron chi connectivity index (χ3n) is 2.96. The van der Waals surface area contributed by atoms with Gasteiger partial charge in [-0.3, -0.25) is 9.59 Å². The molecule has 0 fully saturated rings. The Labute approximate surface area is 124 Å². The van der Waals surface area contributed by atoms with Gasteiger partial charge in [-0.25, -0.2) is 0 Å². The molecular formula is C16H19NO4. The molecule has 0 aliphatic heterocycles. The number of benzene rings is 1. The van der Waals surface area contributed by atoms with Gasteiger partial charge in [-0.15, -0.1) is 0 Å². The second-order valence-corrected chi connectivity index (χ2v) is 4.52. The van der Waals surface area contributed by atoms with Crippen LogP contribution in [0.5, 0.6) is 5.75 Å². The molecule has 0 spiro atoms. The highest BCUT2D eigenvalue weighted by Crippen LogP contribution is 2.20. The predicted molar refractivity (Wildman–Crippen MR) is 77.1 cm³/mol. The predicted octanol–water partition coefficient (Wildman–Crippen LogP) is 2.87. The average molecular weight is 289 g/mol. The molecule has 0 amide bonds. The minimum Gasteiger partial charge on any atom is -0.495 e. The summed E-state index contributed by atoms with van der Waals surface area (Å²) in [6.45, 7) is 2.40. The number of nitrogens with zero attached hydrogens (tertiary/aromatic N) is 1. The lowest BCUT2D eigenvalue weighted by Crippen LogP contribution is -2.09. The number of ketones is 1. The van der Waals surface area contributed by atoms with Crippen molar-refractivity contribution in [1.82, 2.24) is 0 Å². The van der Waals surface area contributed by atoms with Crippen molar-refractivity contribution in [2.24, 2.45) is 0 Å². The van der Waals surface area contributed by atoms with Gasteiger partial charge in [-0.2, -0.15) is 5.26 Å². The summed E-state index contributed by atoms with van der Waals surface area (Å²) in [5, 5.41) is 8.98. The minimum atomic E-state index is -0.370. The van der Waals surface area contributed by atoms with E-state index in [0.717, 1.165) is 12.8 Å². The molecule has 0 aromatic heterocycles. The Morgan fingerprint density at radius 2 is 2.05 bits per heavy atom. The maximum atomic E-state index is 12.0. The van der Waals surface area contributed by atoms with E-state index in [1.807, 2.05) is 13.0 Å². The Balaban J connectivity index is 2.56. The van der Waals surface area contributed by atoms with Crippen LogP contribution in [0, 0.1) is 11.3 Å². The molecule has 0 saturated carbocycles. The number of hydrogen-bond acceptors (Lipinski definition) is 5. The number of esters is 1. The fourth-order valence-corrected chi connectivity index (χ4v) is 1.73. The Hall–Kier alpha value is -2.35. The molecular weight excluding hydrogens is 270 g/mol. The Kier molecular flexibility index (Phi) is 6.96. The standard InChI is InChI=1S/C16H19NO4/c1-3-4-9-21-16(19)8-6-14(18)12-5-7-15(20-2)13(10-12)11-17/h5,7,10H,3-4,6,8-9H2,1-2H3. The Morgan fingerprint density at radius 3 is 2.67 bits per heavy atom. The molecule has 5 heteroatoms. The Morgan fingerprint density at radius 1 is 1.29 bits per heavy atom. The number of hydrogen-bond donors (Lipinski definition) is 0. The third kappa shape index (κ3) is 5.27. The van der Waals surface area contributed by atoms with Crippen LogP contribution < -0.4 is 4.74 Å². The van der Waals surface area contributed by atoms with Crippen LogP contribution in [0.2, 0.25) is 0 Å². The van der Waals surface area contributed by atoms with Gasteiger partial charge in [-0.05, 0) is 24.6 Å². The molecule has 1 aromatic carbocycles. The van der Waals surface area contributed by atoms with Crippen molar-refractivity contribution in [2.45, 2.75) is 32.6 Å². The second kappa shape index (κ2) is 8.75. The summed E-state index contributed by atoms with van der Waals surface area (Å²) in [4.78, 5) is 23.4. The van der Waals surface area contributed by atoms with Gasteiger partial charge in [0.1, 0.15) is 11.8 Å². The number of nitriles is 1. The lowest BCUT2D eigenvalue weighted by molar-refractivity contribution is -0.143. The van der Waals surface area contributed by atoms with Crippen LogP contribution >= 0.6 is 0 Å². The summed E-state index contributed by atoms with van der Waals surface area (Å²) in [7, 11) is 1.46. The highest BCUT2D eigenvalue weighted by molar-refractivity contribution is 5.98. The maximum Gasteiger partial charge on any atom is 0.306 e. The number of carbonyl (C=O) groups excluding carboxylic acids is 2. The number of methoxy groups -OCH3 is 1. The number of ether oxygens (including phenoxy) is 2. The molecule has 0 saturated heterocycles. The first-order chi connectivity index (χ1) is 10.1. The number of unbranched alkanes of at least 4 members (excludes halogenated alkanes) is 1. The van der Waals surface area contributed by atoms with Crippen LogP contribution in [0.15, 0.2) is 18.2 Å². The zero-order chi connectivity index (χ0) is 15.7. The van der Waals surface area contributed by atoms with Crippen LogP contribution in [0.4, 0.5) is 0 Å². The van der Waals surface area contributed by atoms with Gasteiger partial charge in [0, 0.05) is 12.0 Å². The fraction of sp³-hybridized carbons (Fsp3) is 0.438. The van der Waals surface area contributed by atoms with E-state index < -0.39 is 0 Å². The van der Waals surface area contributed by atoms with Crippen molar-refractivity contribution in [3.05, 3.63) is 29.3 Å². The largest absolute Gasteiger partial charge is 0.495 e. The number of Topliss-reactive ketones (excluding diaryl/α,β-unsaturated/α-hetero) is 1. The van der Waals surface area contributed by atoms with Crippen LogP contribution in [-0.4, -0.2) is 25.5 Å². The molecule has 0 aliphatic carbocycles. The third-order valence-corrected chi connectivity index (χ3v) is 2.96. The molecule has 0 aliphatic rings. The van der Waals surface area contributed by atoms with E-state index in [9.17, 15) is 9.59 Å². The SMILES string of the molecule is CCCCOC(=O)CCC(=O)c1ccc(OC)c(C#N)c1. The van der Waals surface area contributed by atoms with Gasteiger partial charge >= 0.3 is 5.97 Å². The summed E-state index contributed by atoms with van der Waals surface area (Å²) in [5.41, 5.74) is 0.697. The molecule has 1 aromatic rings. The van der Waals surface area contributed by atoms with Crippen molar-refractivity contribution in [3.8, 4) is 11.8 Å². The second-order valence-electron chi connectivity index (χ2n) is 4.52. The van der Waals surface area contributed by atoms with Crippen LogP contribution in [-0.2, 0) is 9.53 Å². The molecule has 0 unspecified atom stereocenters. The molecule has 21 heavy (non-hydrogen) atoms. The fourth-order valence-electron chi connectivity index (χ4n) is 1.73. The summed E-state index contributed by atoms with van der Waals surface area (Å²) in [5.74, 6) is -0.138. The first-order valence-corrected chi connectivity index (χ1v) is 6.89. The molecule has 5 nitrogen and oxygen atoms in total. The first kappa shape index (κ1) is 16.7. The Bertz CT molecular complexity index is 546. The van der Waals surface area contributed by atoms with Crippen molar-refractivity contribution < 1.29 is 19.1 Å². The van der Waals surface area contributed by atoms with Crippen LogP contribution in [0.25, 0.3) is 0 Å². The van der Waals surface area contributed by atoms with Gasteiger partial charge < -0.3 is 9.47 Å². The molecule has 1 rings (SSSR count). The molecule has 112 valence electrons. The van der Waals surface area contributed by atoms with Gasteiger partial charge in [0.25, 0.3) is 0 Å². The van der Waals surface area contributed by atoms with Gasteiger partial charge in [0.2, 0.25) is 0 Å². The van der Waals surface area contributed by atoms with E-state index >= 15 is 0 Å². The van der Waals surface area contributed by atoms with Crippen molar-refractivity contribution >= 4 is 11.8 Å². The van der Waals surface area contributed by atoms with Crippen LogP contribution in [0.1, 0.15) is 48.5 Å². The summed E-state index contributed by atoms with van der Waals surface area (Å²) in [6.07, 6.45) is 1.90. The van der Waals surface area contributed by atoms with E-state index in [2.05, 4.69) is 0 Å². The molecule has 0 radical (unpaired) electrons. The lowest BCUT2D eigenvalue weighted by atomic mass is 10.0. The normalized spacial score (nSPS) is 9.76. The van der Waals surface area contributed by atoms with Crippen molar-refractivity contribution in [2.75, 3.05) is 13.7 Å². The topological polar surface area (TPSA) is 76.4 Å². The summed E-state index contributed by atoms with van der Waals surface area (Å²) < 4.78 is 10.0. The van der Waals surface area contributed by atoms with E-state index in [1.54, 1.807) is 12.1 Å². The molecule has 0 atom stereocenters. The van der Waals surface area contributed by atoms with Gasteiger partial charge in [0.05, 0.1) is 25.7 Å². The van der Waals surface area contributed by atoms with E-state index in [-0.39, 0.29) is 24.6 Å². The molecule has 0 N–H and O–H groups in total. The summed E-state index contributed by atoms with van der Waals surface area (Å²) >= 11 is 0. The zero-order valence-corrected chi connectivity index (χ0v) is 12.3. The van der Waals surface area contributed by atoms with E-state index in [1.165, 1.54) is 13.2 Å². The average Bonchev–Trinajstić information content (AvgIpc) is 2.52. The van der Waals surface area contributed by atoms with Gasteiger partial charge in [0.15, 0.2) is 5.78 Å². The number of carbonyl (C=O) groups is 2. The van der Waals surface area contributed by atoms with E-state index in [0.29, 0.717) is 23.5 Å². The summed E-state index contributed by atoms with van der Waals surface area (Å²) in [6, 6.07) is 6.61. The highest BCUT2D eigenvalue weighted by atomic mass is 16.5. The number of rotatable bonds is 8. The lowest BCUT2D eigenvalue weighted by Gasteiger charge is -2.06. The van der Waals surface area contributed by atoms with Crippen molar-refractivity contribution in [3.63, 3.8) is 0 Å². The van der Waals surface area contributed by atoms with Crippen LogP contribution in [0.3, 0.4) is 0 Å². The maximum absolute atomic E-state index is 12.0. The van der Waals surface area contributed by atoms with E-state index in [4.69, 9.17) is 14.7 Å². The first-order valence-electron chi connectivity index (χ1n) is 6.89. The minimum absolute atomic E-state index is 0.0520. The molecule has 0 heterocycles. The van der Waals surface area contributed by atoms with Gasteiger partial charge in [-0.1, -0.05) is 13.3 Å². The molecule has 0 bridgehead atoms.